The molecule has 184 valence electrons. The van der Waals surface area contributed by atoms with Crippen molar-refractivity contribution in [3.8, 4) is 5.75 Å². The van der Waals surface area contributed by atoms with Crippen LogP contribution in [-0.2, 0) is 17.6 Å². The zero-order chi connectivity index (χ0) is 23.6. The zero-order valence-electron chi connectivity index (χ0n) is 21.3. The second-order valence-corrected chi connectivity index (χ2v) is 9.57. The molecular weight excluding hydrogens is 396 g/mol. The van der Waals surface area contributed by atoms with Crippen molar-refractivity contribution in [2.24, 2.45) is 0 Å². The highest BCUT2D eigenvalue weighted by Crippen LogP contribution is 2.33. The van der Waals surface area contributed by atoms with Crippen LogP contribution in [0.3, 0.4) is 0 Å². The van der Waals surface area contributed by atoms with Crippen molar-refractivity contribution in [2.75, 3.05) is 0 Å². The lowest BCUT2D eigenvalue weighted by Crippen LogP contribution is -2.08. The second kappa shape index (κ2) is 18.0. The molecule has 0 fully saturated rings. The lowest BCUT2D eigenvalue weighted by molar-refractivity contribution is -0.137. The third-order valence-corrected chi connectivity index (χ3v) is 6.85. The van der Waals surface area contributed by atoms with E-state index in [1.807, 2.05) is 26.0 Å². The van der Waals surface area contributed by atoms with Crippen LogP contribution in [0.5, 0.6) is 5.75 Å². The maximum absolute atomic E-state index is 11.5. The number of hydrogen-bond donors (Lipinski definition) is 2. The molecule has 0 saturated carbocycles. The van der Waals surface area contributed by atoms with Gasteiger partial charge in [0.2, 0.25) is 0 Å². The summed E-state index contributed by atoms with van der Waals surface area (Å²) in [5, 5.41) is 19.8. The van der Waals surface area contributed by atoms with E-state index >= 15 is 0 Å². The Bertz CT molecular complexity index is 598. The van der Waals surface area contributed by atoms with Gasteiger partial charge in [-0.3, -0.25) is 4.79 Å². The summed E-state index contributed by atoms with van der Waals surface area (Å²) in [7, 11) is 0. The predicted octanol–water partition coefficient (Wildman–Crippen LogP) is 8.95. The summed E-state index contributed by atoms with van der Waals surface area (Å²) in [4.78, 5) is 11.5. The lowest BCUT2D eigenvalue weighted by atomic mass is 9.87. The molecule has 0 aliphatic heterocycles. The Morgan fingerprint density at radius 3 is 1.50 bits per heavy atom. The number of carboxylic acid groups (broad SMARTS) is 1. The SMILES string of the molecule is CCCCCCCCCCCCCCCCC(CC(=O)O)c1cc(CC)c(O)c(CC)c1. The predicted molar refractivity (Wildman–Crippen MR) is 137 cm³/mol. The van der Waals surface area contributed by atoms with E-state index in [1.54, 1.807) is 0 Å². The molecule has 1 aromatic carbocycles. The standard InChI is InChI=1S/C29H50O3/c1-4-7-8-9-10-11-12-13-14-15-16-17-18-19-20-26(23-28(30)31)27-21-24(5-2)29(32)25(6-3)22-27/h21-22,26,32H,4-20,23H2,1-3H3,(H,30,31). The largest absolute Gasteiger partial charge is 0.507 e. The molecule has 0 spiro atoms. The number of phenols is 1. The first-order valence-electron chi connectivity index (χ1n) is 13.6. The van der Waals surface area contributed by atoms with E-state index < -0.39 is 5.97 Å². The number of unbranched alkanes of at least 4 members (excludes halogenated alkanes) is 13. The summed E-state index contributed by atoms with van der Waals surface area (Å²) < 4.78 is 0. The van der Waals surface area contributed by atoms with Gasteiger partial charge in [-0.2, -0.15) is 0 Å². The maximum atomic E-state index is 11.5. The molecule has 32 heavy (non-hydrogen) atoms. The molecule has 3 heteroatoms. The highest BCUT2D eigenvalue weighted by molar-refractivity contribution is 5.68. The van der Waals surface area contributed by atoms with Crippen LogP contribution in [0.15, 0.2) is 12.1 Å². The molecule has 2 N–H and O–H groups in total. The van der Waals surface area contributed by atoms with Crippen LogP contribution in [0.2, 0.25) is 0 Å². The van der Waals surface area contributed by atoms with E-state index in [0.717, 1.165) is 42.4 Å². The number of benzene rings is 1. The fraction of sp³-hybridized carbons (Fsp3) is 0.759. The van der Waals surface area contributed by atoms with Gasteiger partial charge in [-0.1, -0.05) is 123 Å². The van der Waals surface area contributed by atoms with Gasteiger partial charge < -0.3 is 10.2 Å². The van der Waals surface area contributed by atoms with Crippen LogP contribution in [0, 0.1) is 0 Å². The summed E-state index contributed by atoms with van der Waals surface area (Å²) in [6.45, 7) is 6.35. The fourth-order valence-electron chi connectivity index (χ4n) is 4.74. The molecule has 0 saturated heterocycles. The van der Waals surface area contributed by atoms with Gasteiger partial charge in [0.15, 0.2) is 0 Å². The van der Waals surface area contributed by atoms with Gasteiger partial charge in [0.05, 0.1) is 6.42 Å². The number of rotatable bonds is 20. The molecule has 0 aromatic heterocycles. The van der Waals surface area contributed by atoms with Gasteiger partial charge in [-0.15, -0.1) is 0 Å². The first-order chi connectivity index (χ1) is 15.5. The van der Waals surface area contributed by atoms with Gasteiger partial charge in [-0.05, 0) is 41.9 Å². The van der Waals surface area contributed by atoms with Crippen molar-refractivity contribution in [3.63, 3.8) is 0 Å². The summed E-state index contributed by atoms with van der Waals surface area (Å²) in [5.74, 6) is -0.296. The lowest BCUT2D eigenvalue weighted by Gasteiger charge is -2.19. The van der Waals surface area contributed by atoms with Crippen LogP contribution in [-0.4, -0.2) is 16.2 Å². The number of aromatic hydroxyl groups is 1. The minimum atomic E-state index is -0.732. The summed E-state index contributed by atoms with van der Waals surface area (Å²) in [6, 6.07) is 4.07. The monoisotopic (exact) mass is 446 g/mol. The number of aliphatic carboxylic acids is 1. The van der Waals surface area contributed by atoms with Crippen molar-refractivity contribution in [2.45, 2.75) is 142 Å². The van der Waals surface area contributed by atoms with Gasteiger partial charge in [0.25, 0.3) is 0 Å². The van der Waals surface area contributed by atoms with Crippen LogP contribution < -0.4 is 0 Å². The molecule has 1 aromatic rings. The first kappa shape index (κ1) is 28.5. The fourth-order valence-corrected chi connectivity index (χ4v) is 4.74. The van der Waals surface area contributed by atoms with Crippen LogP contribution in [0.4, 0.5) is 0 Å². The molecule has 0 radical (unpaired) electrons. The summed E-state index contributed by atoms with van der Waals surface area (Å²) in [5.41, 5.74) is 2.97. The Kier molecular flexibility index (Phi) is 16.0. The molecule has 0 aliphatic carbocycles. The van der Waals surface area contributed by atoms with Crippen molar-refractivity contribution >= 4 is 5.97 Å². The number of aryl methyl sites for hydroxylation is 2. The Hall–Kier alpha value is -1.51. The molecule has 3 nitrogen and oxygen atoms in total. The van der Waals surface area contributed by atoms with E-state index in [4.69, 9.17) is 0 Å². The normalized spacial score (nSPS) is 12.2. The van der Waals surface area contributed by atoms with Crippen molar-refractivity contribution in [1.29, 1.82) is 0 Å². The Labute approximate surface area is 198 Å². The van der Waals surface area contributed by atoms with E-state index in [2.05, 4.69) is 6.92 Å². The average molecular weight is 447 g/mol. The molecule has 0 aliphatic rings. The third kappa shape index (κ3) is 11.9. The Balaban J connectivity index is 2.28. The van der Waals surface area contributed by atoms with Crippen LogP contribution in [0.1, 0.15) is 146 Å². The topological polar surface area (TPSA) is 57.5 Å². The van der Waals surface area contributed by atoms with E-state index in [9.17, 15) is 15.0 Å². The van der Waals surface area contributed by atoms with Crippen molar-refractivity contribution < 1.29 is 15.0 Å². The number of hydrogen-bond acceptors (Lipinski definition) is 2. The molecular formula is C29H50O3. The Morgan fingerprint density at radius 1 is 0.719 bits per heavy atom. The van der Waals surface area contributed by atoms with E-state index in [1.165, 1.54) is 83.5 Å². The first-order valence-corrected chi connectivity index (χ1v) is 13.6. The third-order valence-electron chi connectivity index (χ3n) is 6.85. The van der Waals surface area contributed by atoms with Gasteiger partial charge in [-0.25, -0.2) is 0 Å². The number of carboxylic acids is 1. The zero-order valence-corrected chi connectivity index (χ0v) is 21.3. The van der Waals surface area contributed by atoms with Crippen LogP contribution >= 0.6 is 0 Å². The maximum Gasteiger partial charge on any atom is 0.303 e. The minimum Gasteiger partial charge on any atom is -0.507 e. The molecule has 1 rings (SSSR count). The minimum absolute atomic E-state index is 0.0426. The highest BCUT2D eigenvalue weighted by Gasteiger charge is 2.18. The smallest absolute Gasteiger partial charge is 0.303 e. The number of phenolic OH excluding ortho intramolecular Hbond substituents is 1. The molecule has 1 unspecified atom stereocenters. The quantitative estimate of drug-likeness (QED) is 0.196. The molecule has 0 bridgehead atoms. The molecule has 1 atom stereocenters. The van der Waals surface area contributed by atoms with E-state index in [-0.39, 0.29) is 12.3 Å². The molecule has 0 heterocycles. The number of carbonyl (C=O) groups is 1. The van der Waals surface area contributed by atoms with Crippen molar-refractivity contribution in [3.05, 3.63) is 28.8 Å². The van der Waals surface area contributed by atoms with Crippen molar-refractivity contribution in [1.82, 2.24) is 0 Å². The van der Waals surface area contributed by atoms with Gasteiger partial charge >= 0.3 is 5.97 Å². The second-order valence-electron chi connectivity index (χ2n) is 9.57. The van der Waals surface area contributed by atoms with Gasteiger partial charge in [0, 0.05) is 0 Å². The highest BCUT2D eigenvalue weighted by atomic mass is 16.4. The summed E-state index contributed by atoms with van der Waals surface area (Å²) >= 11 is 0. The summed E-state index contributed by atoms with van der Waals surface area (Å²) in [6.07, 6.45) is 21.3. The Morgan fingerprint density at radius 2 is 1.12 bits per heavy atom. The molecule has 0 amide bonds. The van der Waals surface area contributed by atoms with Gasteiger partial charge in [0.1, 0.15) is 5.75 Å². The average Bonchev–Trinajstić information content (AvgIpc) is 2.78. The van der Waals surface area contributed by atoms with E-state index in [0.29, 0.717) is 5.75 Å². The van der Waals surface area contributed by atoms with Crippen LogP contribution in [0.25, 0.3) is 0 Å².